The number of hydrogen-bond donors (Lipinski definition) is 0. The molecule has 156 valence electrons. The Morgan fingerprint density at radius 1 is 0.893 bits per heavy atom. The Bertz CT molecular complexity index is 621. The maximum Gasteiger partial charge on any atom is 0.159 e. The van der Waals surface area contributed by atoms with Crippen LogP contribution in [0.2, 0.25) is 0 Å². The molecule has 0 unspecified atom stereocenters. The number of allylic oxidation sites excluding steroid dienone is 1. The van der Waals surface area contributed by atoms with Crippen molar-refractivity contribution in [3.63, 3.8) is 0 Å². The van der Waals surface area contributed by atoms with Crippen LogP contribution in [-0.2, 0) is 25.4 Å². The van der Waals surface area contributed by atoms with Gasteiger partial charge in [-0.2, -0.15) is 0 Å². The molecule has 1 aromatic carbocycles. The molecule has 0 bridgehead atoms. The van der Waals surface area contributed by atoms with Gasteiger partial charge in [-0.05, 0) is 43.4 Å². The van der Waals surface area contributed by atoms with Crippen molar-refractivity contribution in [3.05, 3.63) is 47.5 Å². The van der Waals surface area contributed by atoms with Gasteiger partial charge >= 0.3 is 0 Å². The van der Waals surface area contributed by atoms with Crippen LogP contribution in [0.25, 0.3) is 0 Å². The maximum absolute atomic E-state index is 13.2. The van der Waals surface area contributed by atoms with E-state index in [4.69, 9.17) is 18.9 Å². The first kappa shape index (κ1) is 21.4. The lowest BCUT2D eigenvalue weighted by Gasteiger charge is -2.32. The third kappa shape index (κ3) is 6.62. The predicted molar refractivity (Wildman–Crippen MR) is 102 cm³/mol. The van der Waals surface area contributed by atoms with Crippen LogP contribution in [0.4, 0.5) is 8.78 Å². The quantitative estimate of drug-likeness (QED) is 0.601. The number of ether oxygens (including phenoxy) is 4. The second kappa shape index (κ2) is 11.0. The Balaban J connectivity index is 1.29. The van der Waals surface area contributed by atoms with E-state index in [0.29, 0.717) is 51.1 Å². The highest BCUT2D eigenvalue weighted by Crippen LogP contribution is 2.23. The fourth-order valence-corrected chi connectivity index (χ4v) is 3.43. The van der Waals surface area contributed by atoms with Crippen molar-refractivity contribution in [1.29, 1.82) is 0 Å². The van der Waals surface area contributed by atoms with Gasteiger partial charge in [0.25, 0.3) is 0 Å². The number of benzene rings is 1. The monoisotopic (exact) mass is 396 g/mol. The zero-order valence-electron chi connectivity index (χ0n) is 16.4. The summed E-state index contributed by atoms with van der Waals surface area (Å²) in [6, 6.07) is 3.98. The van der Waals surface area contributed by atoms with Crippen molar-refractivity contribution >= 4 is 0 Å². The van der Waals surface area contributed by atoms with Crippen LogP contribution in [0.15, 0.2) is 30.4 Å². The van der Waals surface area contributed by atoms with Crippen molar-refractivity contribution in [1.82, 2.24) is 0 Å². The lowest BCUT2D eigenvalue weighted by atomic mass is 10.0. The van der Waals surface area contributed by atoms with Crippen molar-refractivity contribution in [2.45, 2.75) is 51.6 Å². The Labute approximate surface area is 165 Å². The first-order chi connectivity index (χ1) is 13.6. The molecule has 0 radical (unpaired) electrons. The van der Waals surface area contributed by atoms with E-state index >= 15 is 0 Å². The molecular weight excluding hydrogens is 366 g/mol. The summed E-state index contributed by atoms with van der Waals surface area (Å²) in [5, 5.41) is 0. The van der Waals surface area contributed by atoms with Crippen LogP contribution in [0.5, 0.6) is 0 Å². The van der Waals surface area contributed by atoms with Crippen LogP contribution >= 0.6 is 0 Å². The highest BCUT2D eigenvalue weighted by Gasteiger charge is 2.25. The van der Waals surface area contributed by atoms with Gasteiger partial charge in [-0.3, -0.25) is 0 Å². The van der Waals surface area contributed by atoms with E-state index in [1.54, 1.807) is 6.07 Å². The van der Waals surface area contributed by atoms with Crippen molar-refractivity contribution in [2.24, 2.45) is 11.8 Å². The molecule has 2 aliphatic rings. The normalized spacial score (nSPS) is 28.7. The molecule has 6 heteroatoms. The van der Waals surface area contributed by atoms with E-state index in [1.165, 1.54) is 6.07 Å². The van der Waals surface area contributed by atoms with E-state index in [0.717, 1.165) is 30.9 Å². The third-order valence-electron chi connectivity index (χ3n) is 5.14. The Morgan fingerprint density at radius 2 is 1.57 bits per heavy atom. The second-order valence-corrected chi connectivity index (χ2v) is 7.52. The van der Waals surface area contributed by atoms with E-state index in [9.17, 15) is 8.78 Å². The average Bonchev–Trinajstić information content (AvgIpc) is 2.73. The zero-order valence-corrected chi connectivity index (χ0v) is 16.4. The summed E-state index contributed by atoms with van der Waals surface area (Å²) < 4.78 is 49.4. The smallest absolute Gasteiger partial charge is 0.159 e. The average molecular weight is 396 g/mol. The molecule has 2 heterocycles. The molecule has 2 fully saturated rings. The molecular formula is C22H30F2O4. The van der Waals surface area contributed by atoms with Crippen LogP contribution in [-0.4, -0.2) is 39.0 Å². The Hall–Kier alpha value is -1.34. The van der Waals surface area contributed by atoms with Gasteiger partial charge in [0.1, 0.15) is 0 Å². The van der Waals surface area contributed by atoms with E-state index in [1.807, 2.05) is 0 Å². The molecule has 0 spiro atoms. The van der Waals surface area contributed by atoms with Crippen LogP contribution in [0.1, 0.15) is 38.2 Å². The molecule has 3 rings (SSSR count). The van der Waals surface area contributed by atoms with Gasteiger partial charge in [-0.1, -0.05) is 25.1 Å². The van der Waals surface area contributed by atoms with Crippen LogP contribution < -0.4 is 0 Å². The minimum absolute atomic E-state index is 0.141. The highest BCUT2D eigenvalue weighted by molar-refractivity contribution is 5.17. The Morgan fingerprint density at radius 3 is 2.25 bits per heavy atom. The van der Waals surface area contributed by atoms with E-state index < -0.39 is 11.6 Å². The van der Waals surface area contributed by atoms with E-state index in [2.05, 4.69) is 19.1 Å². The SMILES string of the molecule is CC/C=C/C1COC(CCC2COC(CCc3ccc(F)c(F)c3)OC2)OC1. The molecule has 0 N–H and O–H groups in total. The molecule has 1 aromatic rings. The summed E-state index contributed by atoms with van der Waals surface area (Å²) in [4.78, 5) is 0. The first-order valence-corrected chi connectivity index (χ1v) is 10.2. The fourth-order valence-electron chi connectivity index (χ4n) is 3.43. The first-order valence-electron chi connectivity index (χ1n) is 10.2. The Kier molecular flexibility index (Phi) is 8.40. The van der Waals surface area contributed by atoms with Gasteiger partial charge in [-0.15, -0.1) is 0 Å². The van der Waals surface area contributed by atoms with Gasteiger partial charge in [0, 0.05) is 18.3 Å². The molecule has 2 aliphatic heterocycles. The highest BCUT2D eigenvalue weighted by atomic mass is 19.2. The molecule has 2 saturated heterocycles. The zero-order chi connectivity index (χ0) is 19.8. The molecule has 4 nitrogen and oxygen atoms in total. The second-order valence-electron chi connectivity index (χ2n) is 7.52. The molecule has 0 amide bonds. The van der Waals surface area contributed by atoms with Gasteiger partial charge in [0.05, 0.1) is 26.4 Å². The number of halogens is 2. The summed E-state index contributed by atoms with van der Waals surface area (Å²) in [6.45, 7) is 4.81. The molecule has 0 atom stereocenters. The summed E-state index contributed by atoms with van der Waals surface area (Å²) in [5.41, 5.74) is 0.743. The number of rotatable bonds is 8. The van der Waals surface area contributed by atoms with Crippen molar-refractivity contribution < 1.29 is 27.7 Å². The lowest BCUT2D eigenvalue weighted by molar-refractivity contribution is -0.215. The summed E-state index contributed by atoms with van der Waals surface area (Å²) in [6.07, 6.45) is 7.88. The van der Waals surface area contributed by atoms with Crippen LogP contribution in [0.3, 0.4) is 0 Å². The molecule has 0 saturated carbocycles. The number of aryl methyl sites for hydroxylation is 1. The molecule has 28 heavy (non-hydrogen) atoms. The number of hydrogen-bond acceptors (Lipinski definition) is 4. The lowest BCUT2D eigenvalue weighted by Crippen LogP contribution is -2.35. The summed E-state index contributed by atoms with van der Waals surface area (Å²) >= 11 is 0. The standard InChI is InChI=1S/C22H30F2O4/c1-2-3-4-17-12-25-22(26-13-17)10-7-18-14-27-21(28-15-18)9-6-16-5-8-19(23)20(24)11-16/h3-5,8,11,17-18,21-22H,2,6-7,9-10,12-15H2,1H3/b4-3+. The minimum atomic E-state index is -0.823. The van der Waals surface area contributed by atoms with Gasteiger partial charge in [0.2, 0.25) is 0 Å². The largest absolute Gasteiger partial charge is 0.352 e. The topological polar surface area (TPSA) is 36.9 Å². The molecule has 0 aromatic heterocycles. The van der Waals surface area contributed by atoms with Gasteiger partial charge in [0.15, 0.2) is 24.2 Å². The summed E-state index contributed by atoms with van der Waals surface area (Å²) in [5.74, 6) is -0.962. The van der Waals surface area contributed by atoms with Crippen LogP contribution in [0, 0.1) is 23.5 Å². The third-order valence-corrected chi connectivity index (χ3v) is 5.14. The van der Waals surface area contributed by atoms with Gasteiger partial charge in [-0.25, -0.2) is 8.78 Å². The van der Waals surface area contributed by atoms with E-state index in [-0.39, 0.29) is 12.6 Å². The fraction of sp³-hybridized carbons (Fsp3) is 0.636. The molecule has 0 aliphatic carbocycles. The van der Waals surface area contributed by atoms with Gasteiger partial charge < -0.3 is 18.9 Å². The van der Waals surface area contributed by atoms with Crippen molar-refractivity contribution in [3.8, 4) is 0 Å². The predicted octanol–water partition coefficient (Wildman–Crippen LogP) is 4.62. The summed E-state index contributed by atoms with van der Waals surface area (Å²) in [7, 11) is 0. The maximum atomic E-state index is 13.2. The van der Waals surface area contributed by atoms with Crippen molar-refractivity contribution in [2.75, 3.05) is 26.4 Å². The minimum Gasteiger partial charge on any atom is -0.352 e.